The molecule has 2 aliphatic heterocycles. The van der Waals surface area contributed by atoms with Crippen LogP contribution in [0.3, 0.4) is 0 Å². The van der Waals surface area contributed by atoms with Gasteiger partial charge in [-0.3, -0.25) is 24.3 Å². The molecule has 3 aromatic rings. The van der Waals surface area contributed by atoms with Crippen LogP contribution < -0.4 is 10.2 Å². The second-order valence-corrected chi connectivity index (χ2v) is 11.5. The number of imide groups is 1. The van der Waals surface area contributed by atoms with E-state index < -0.39 is 29.7 Å². The Kier molecular flexibility index (Phi) is 8.03. The second kappa shape index (κ2) is 11.3. The number of ketones is 1. The minimum Gasteiger partial charge on any atom is -0.415 e. The molecule has 1 N–H and O–H groups in total. The van der Waals surface area contributed by atoms with Gasteiger partial charge in [0, 0.05) is 49.5 Å². The van der Waals surface area contributed by atoms with E-state index in [0.717, 1.165) is 30.9 Å². The Hall–Kier alpha value is -4.27. The molecule has 4 heterocycles. The van der Waals surface area contributed by atoms with Crippen LogP contribution in [0.25, 0.3) is 11.5 Å². The maximum absolute atomic E-state index is 13.5. The lowest BCUT2D eigenvalue weighted by Gasteiger charge is -2.39. The molecule has 6 rings (SSSR count). The Morgan fingerprint density at radius 2 is 1.82 bits per heavy atom. The summed E-state index contributed by atoms with van der Waals surface area (Å²) in [4.78, 5) is 44.1. The zero-order valence-electron chi connectivity index (χ0n) is 24.0. The second-order valence-electron chi connectivity index (χ2n) is 11.5. The normalized spacial score (nSPS) is 18.7. The van der Waals surface area contributed by atoms with Gasteiger partial charge in [0.15, 0.2) is 0 Å². The van der Waals surface area contributed by atoms with Crippen molar-refractivity contribution in [2.24, 2.45) is 0 Å². The van der Waals surface area contributed by atoms with Crippen molar-refractivity contribution in [3.63, 3.8) is 0 Å². The molecule has 0 radical (unpaired) electrons. The van der Waals surface area contributed by atoms with Crippen LogP contribution in [-0.4, -0.2) is 69.0 Å². The number of anilines is 1. The highest BCUT2D eigenvalue weighted by Crippen LogP contribution is 2.41. The molecule has 0 bridgehead atoms. The summed E-state index contributed by atoms with van der Waals surface area (Å²) in [5, 5.41) is 10.5. The molecule has 1 aliphatic carbocycles. The average molecular weight is 621 g/mol. The molecule has 2 aromatic heterocycles. The van der Waals surface area contributed by atoms with Crippen LogP contribution in [0.2, 0.25) is 0 Å². The Morgan fingerprint density at radius 3 is 2.39 bits per heavy atom. The monoisotopic (exact) mass is 620 g/mol. The van der Waals surface area contributed by atoms with Gasteiger partial charge < -0.3 is 14.6 Å². The van der Waals surface area contributed by atoms with Crippen molar-refractivity contribution < 1.29 is 40.8 Å². The molecule has 1 aromatic carbocycles. The van der Waals surface area contributed by atoms with Crippen LogP contribution in [-0.2, 0) is 21.5 Å². The predicted octanol–water partition coefficient (Wildman–Crippen LogP) is 4.61. The van der Waals surface area contributed by atoms with Gasteiger partial charge in [0.25, 0.3) is 11.8 Å². The van der Waals surface area contributed by atoms with Crippen molar-refractivity contribution in [3.05, 3.63) is 59.2 Å². The summed E-state index contributed by atoms with van der Waals surface area (Å²) in [5.74, 6) is -3.27. The van der Waals surface area contributed by atoms with Crippen molar-refractivity contribution in [1.82, 2.24) is 25.4 Å². The SMILES string of the molecule is CC(=O)C(F)(F)F.CC1(C)C(=O)N(Cc2ccc(-c3nnc(C(F)F)o3)cn2)C(=O)c2ccc(N3CCNC4(CC4)C3)cc21. The minimum absolute atomic E-state index is 0.0188. The molecular formula is C29H29F5N6O4. The number of carbonyl (C=O) groups is 3. The number of alkyl halides is 5. The van der Waals surface area contributed by atoms with Gasteiger partial charge in [-0.15, -0.1) is 10.2 Å². The van der Waals surface area contributed by atoms with Gasteiger partial charge in [-0.1, -0.05) is 0 Å². The molecule has 1 spiro atoms. The molecule has 2 fully saturated rings. The van der Waals surface area contributed by atoms with Gasteiger partial charge in [0.05, 0.1) is 23.2 Å². The Bertz CT molecular complexity index is 1580. The number of rotatable bonds is 5. The van der Waals surface area contributed by atoms with Crippen LogP contribution in [0.1, 0.15) is 67.5 Å². The first kappa shape index (κ1) is 31.2. The highest BCUT2D eigenvalue weighted by atomic mass is 19.4. The lowest BCUT2D eigenvalue weighted by atomic mass is 9.77. The molecule has 2 amide bonds. The van der Waals surface area contributed by atoms with E-state index in [1.165, 1.54) is 23.9 Å². The number of fused-ring (bicyclic) bond motifs is 1. The van der Waals surface area contributed by atoms with Crippen molar-refractivity contribution in [2.75, 3.05) is 24.5 Å². The number of nitrogens with one attached hydrogen (secondary N) is 1. The summed E-state index contributed by atoms with van der Waals surface area (Å²) in [6.45, 7) is 6.86. The highest BCUT2D eigenvalue weighted by Gasteiger charge is 2.47. The number of halogens is 5. The van der Waals surface area contributed by atoms with Crippen LogP contribution in [0.5, 0.6) is 0 Å². The van der Waals surface area contributed by atoms with Crippen LogP contribution in [0.15, 0.2) is 40.9 Å². The molecule has 15 heteroatoms. The summed E-state index contributed by atoms with van der Waals surface area (Å²) in [5.41, 5.74) is 2.40. The van der Waals surface area contributed by atoms with E-state index in [-0.39, 0.29) is 29.8 Å². The smallest absolute Gasteiger partial charge is 0.415 e. The van der Waals surface area contributed by atoms with Crippen molar-refractivity contribution >= 4 is 23.3 Å². The Labute approximate surface area is 248 Å². The van der Waals surface area contributed by atoms with Gasteiger partial charge in [0.1, 0.15) is 0 Å². The fourth-order valence-electron chi connectivity index (χ4n) is 5.17. The van der Waals surface area contributed by atoms with Crippen molar-refractivity contribution in [1.29, 1.82) is 0 Å². The largest absolute Gasteiger partial charge is 0.449 e. The van der Waals surface area contributed by atoms with Crippen molar-refractivity contribution in [3.8, 4) is 11.5 Å². The lowest BCUT2D eigenvalue weighted by molar-refractivity contribution is -0.168. The Balaban J connectivity index is 0.000000493. The zero-order valence-corrected chi connectivity index (χ0v) is 24.0. The first-order valence-corrected chi connectivity index (χ1v) is 13.8. The van der Waals surface area contributed by atoms with Gasteiger partial charge in [-0.05, 0) is 62.6 Å². The third kappa shape index (κ3) is 6.18. The molecule has 234 valence electrons. The molecule has 0 atom stereocenters. The minimum atomic E-state index is -4.64. The first-order chi connectivity index (χ1) is 20.6. The molecule has 0 unspecified atom stereocenters. The summed E-state index contributed by atoms with van der Waals surface area (Å²) in [6.07, 6.45) is -3.76. The van der Waals surface area contributed by atoms with Crippen LogP contribution >= 0.6 is 0 Å². The average Bonchev–Trinajstić information content (AvgIpc) is 3.51. The van der Waals surface area contributed by atoms with E-state index >= 15 is 0 Å². The zero-order chi connectivity index (χ0) is 32.0. The maximum atomic E-state index is 13.5. The number of aromatic nitrogens is 3. The molecule has 3 aliphatic rings. The van der Waals surface area contributed by atoms with Gasteiger partial charge in [0.2, 0.25) is 17.6 Å². The number of nitrogens with zero attached hydrogens (tertiary/aromatic N) is 5. The maximum Gasteiger partial charge on any atom is 0.449 e. The number of carbonyl (C=O) groups excluding carboxylic acids is 3. The molecule has 44 heavy (non-hydrogen) atoms. The van der Waals surface area contributed by atoms with Gasteiger partial charge in [-0.2, -0.15) is 22.0 Å². The third-order valence-corrected chi connectivity index (χ3v) is 7.94. The van der Waals surface area contributed by atoms with E-state index in [4.69, 9.17) is 4.42 Å². The lowest BCUT2D eigenvalue weighted by Crippen LogP contribution is -2.53. The summed E-state index contributed by atoms with van der Waals surface area (Å²) < 4.78 is 62.9. The molecular weight excluding hydrogens is 591 g/mol. The van der Waals surface area contributed by atoms with E-state index in [9.17, 15) is 36.3 Å². The molecule has 1 saturated heterocycles. The van der Waals surface area contributed by atoms with Crippen LogP contribution in [0.4, 0.5) is 27.6 Å². The Morgan fingerprint density at radius 1 is 1.11 bits per heavy atom. The van der Waals surface area contributed by atoms with E-state index in [2.05, 4.69) is 25.4 Å². The number of pyridine rings is 1. The summed E-state index contributed by atoms with van der Waals surface area (Å²) >= 11 is 0. The highest BCUT2D eigenvalue weighted by molar-refractivity contribution is 6.13. The number of hydrogen-bond donors (Lipinski definition) is 1. The number of hydrogen-bond acceptors (Lipinski definition) is 9. The number of piperazine rings is 1. The molecule has 1 saturated carbocycles. The first-order valence-electron chi connectivity index (χ1n) is 13.8. The van der Waals surface area contributed by atoms with Gasteiger partial charge >= 0.3 is 12.6 Å². The predicted molar refractivity (Wildman–Crippen MR) is 146 cm³/mol. The number of amides is 2. The quantitative estimate of drug-likeness (QED) is 0.322. The van der Waals surface area contributed by atoms with Gasteiger partial charge in [-0.25, -0.2) is 0 Å². The molecule has 10 nitrogen and oxygen atoms in total. The van der Waals surface area contributed by atoms with E-state index in [1.807, 2.05) is 32.0 Å². The fourth-order valence-corrected chi connectivity index (χ4v) is 5.17. The van der Waals surface area contributed by atoms with Crippen LogP contribution in [0, 0.1) is 0 Å². The fraction of sp³-hybridized carbons (Fsp3) is 0.448. The number of benzene rings is 1. The van der Waals surface area contributed by atoms with Crippen molar-refractivity contribution in [2.45, 2.75) is 63.7 Å². The standard InChI is InChI=1S/C26H26F2N6O3.C3H3F3O/c1-25(2)19-11-17(33-10-9-30-26(14-33)7-8-26)5-6-18(19)23(35)34(24(25)36)13-16-4-3-15(12-29-16)21-31-32-22(37-21)20(27)28;1-2(7)3(4,5)6/h3-6,11-12,20,30H,7-10,13-14H2,1-2H3;1H3. The summed E-state index contributed by atoms with van der Waals surface area (Å²) in [7, 11) is 0. The summed E-state index contributed by atoms with van der Waals surface area (Å²) in [6, 6.07) is 8.96. The van der Waals surface area contributed by atoms with E-state index in [1.54, 1.807) is 12.1 Å². The third-order valence-electron chi connectivity index (χ3n) is 7.94. The number of Topliss-reactive ketones (excluding diaryl/α,β-unsaturated/α-hetero) is 1. The van der Waals surface area contributed by atoms with E-state index in [0.29, 0.717) is 23.7 Å². The topological polar surface area (TPSA) is 122 Å².